The molecule has 0 aliphatic heterocycles. The van der Waals surface area contributed by atoms with E-state index in [1.807, 2.05) is 13.8 Å². The summed E-state index contributed by atoms with van der Waals surface area (Å²) in [5.41, 5.74) is 0. The largest absolute Gasteiger partial charge is 0.394 e. The molecule has 1 unspecified atom stereocenters. The third-order valence-corrected chi connectivity index (χ3v) is 1.63. The highest BCUT2D eigenvalue weighted by Gasteiger charge is 2.21. The molecule has 0 aromatic rings. The number of hydrogen-bond acceptors (Lipinski definition) is 3. The molecule has 2 N–H and O–H groups in total. The molecule has 0 aromatic carbocycles. The first kappa shape index (κ1) is 11.6. The van der Waals surface area contributed by atoms with E-state index in [1.165, 1.54) is 0 Å². The predicted molar refractivity (Wildman–Crippen MR) is 47.9 cm³/mol. The summed E-state index contributed by atoms with van der Waals surface area (Å²) in [4.78, 5) is 0. The van der Waals surface area contributed by atoms with Crippen molar-refractivity contribution in [3.63, 3.8) is 0 Å². The average molecular weight is 174 g/mol. The van der Waals surface area contributed by atoms with Gasteiger partial charge in [-0.15, -0.1) is 6.58 Å². The molecule has 12 heavy (non-hydrogen) atoms. The molecular weight excluding hydrogens is 156 g/mol. The minimum absolute atomic E-state index is 0.187. The maximum atomic E-state index is 9.31. The lowest BCUT2D eigenvalue weighted by atomic mass is 10.0. The van der Waals surface area contributed by atoms with Crippen LogP contribution in [0.2, 0.25) is 0 Å². The highest BCUT2D eigenvalue weighted by molar-refractivity contribution is 4.74. The Morgan fingerprint density at radius 1 is 1.50 bits per heavy atom. The highest BCUT2D eigenvalue weighted by atomic mass is 16.5. The number of aliphatic hydroxyl groups is 2. The fraction of sp³-hybridized carbons (Fsp3) is 0.778. The molecule has 0 aliphatic rings. The Kier molecular flexibility index (Phi) is 5.98. The maximum Gasteiger partial charge on any atom is 0.103 e. The van der Waals surface area contributed by atoms with Gasteiger partial charge in [0.1, 0.15) is 6.10 Å². The molecule has 3 heteroatoms. The SMILES string of the molecule is C=CCO[C@H](C(C)C)C(O)CO. The lowest BCUT2D eigenvalue weighted by Crippen LogP contribution is -2.36. The Balaban J connectivity index is 3.93. The molecule has 2 atom stereocenters. The van der Waals surface area contributed by atoms with Crippen LogP contribution in [-0.2, 0) is 4.74 Å². The van der Waals surface area contributed by atoms with Gasteiger partial charge in [-0.2, -0.15) is 0 Å². The van der Waals surface area contributed by atoms with Crippen molar-refractivity contribution in [2.75, 3.05) is 13.2 Å². The first-order valence-electron chi connectivity index (χ1n) is 4.14. The summed E-state index contributed by atoms with van der Waals surface area (Å²) in [5, 5.41) is 18.0. The van der Waals surface area contributed by atoms with Gasteiger partial charge in [0.25, 0.3) is 0 Å². The van der Waals surface area contributed by atoms with Crippen LogP contribution >= 0.6 is 0 Å². The molecule has 0 rings (SSSR count). The van der Waals surface area contributed by atoms with Gasteiger partial charge < -0.3 is 14.9 Å². The fourth-order valence-electron chi connectivity index (χ4n) is 1.03. The molecule has 0 aliphatic carbocycles. The van der Waals surface area contributed by atoms with E-state index in [2.05, 4.69) is 6.58 Å². The molecule has 0 fully saturated rings. The normalized spacial score (nSPS) is 16.1. The predicted octanol–water partition coefficient (Wildman–Crippen LogP) is 0.567. The van der Waals surface area contributed by atoms with Crippen LogP contribution in [0.15, 0.2) is 12.7 Å². The first-order valence-corrected chi connectivity index (χ1v) is 4.14. The van der Waals surface area contributed by atoms with Crippen molar-refractivity contribution in [3.05, 3.63) is 12.7 Å². The summed E-state index contributed by atoms with van der Waals surface area (Å²) in [6.07, 6.45) is 0.511. The van der Waals surface area contributed by atoms with E-state index >= 15 is 0 Å². The van der Waals surface area contributed by atoms with Crippen LogP contribution in [0.1, 0.15) is 13.8 Å². The second-order valence-corrected chi connectivity index (χ2v) is 3.08. The van der Waals surface area contributed by atoms with Gasteiger partial charge in [-0.1, -0.05) is 19.9 Å². The summed E-state index contributed by atoms with van der Waals surface area (Å²) in [5.74, 6) is 0.187. The van der Waals surface area contributed by atoms with Gasteiger partial charge in [0.2, 0.25) is 0 Å². The van der Waals surface area contributed by atoms with Crippen molar-refractivity contribution in [1.82, 2.24) is 0 Å². The minimum atomic E-state index is -0.801. The molecule has 0 heterocycles. The van der Waals surface area contributed by atoms with Crippen molar-refractivity contribution in [1.29, 1.82) is 0 Å². The molecule has 0 saturated heterocycles. The van der Waals surface area contributed by atoms with Crippen LogP contribution in [0.4, 0.5) is 0 Å². The van der Waals surface area contributed by atoms with Crippen molar-refractivity contribution >= 4 is 0 Å². The Bertz CT molecular complexity index is 123. The van der Waals surface area contributed by atoms with E-state index in [9.17, 15) is 5.11 Å². The molecule has 0 bridgehead atoms. The molecule has 3 nitrogen and oxygen atoms in total. The standard InChI is InChI=1S/C9H18O3/c1-4-5-12-9(7(2)3)8(11)6-10/h4,7-11H,1,5-6H2,2-3H3/t8?,9-/m1/s1. The quantitative estimate of drug-likeness (QED) is 0.579. The van der Waals surface area contributed by atoms with Crippen LogP contribution in [0.5, 0.6) is 0 Å². The van der Waals surface area contributed by atoms with Gasteiger partial charge in [0, 0.05) is 0 Å². The van der Waals surface area contributed by atoms with E-state index in [-0.39, 0.29) is 18.6 Å². The third-order valence-electron chi connectivity index (χ3n) is 1.63. The molecule has 72 valence electrons. The number of hydrogen-bond donors (Lipinski definition) is 2. The number of aliphatic hydroxyl groups excluding tert-OH is 2. The van der Waals surface area contributed by atoms with Gasteiger partial charge in [-0.3, -0.25) is 0 Å². The van der Waals surface area contributed by atoms with Gasteiger partial charge in [-0.25, -0.2) is 0 Å². The summed E-state index contributed by atoms with van der Waals surface area (Å²) in [7, 11) is 0. The molecule has 0 amide bonds. The van der Waals surface area contributed by atoms with E-state index in [4.69, 9.17) is 9.84 Å². The second-order valence-electron chi connectivity index (χ2n) is 3.08. The molecule has 0 aromatic heterocycles. The Hall–Kier alpha value is -0.380. The molecular formula is C9H18O3. The zero-order chi connectivity index (χ0) is 9.56. The van der Waals surface area contributed by atoms with Gasteiger partial charge in [0.15, 0.2) is 0 Å². The van der Waals surface area contributed by atoms with Crippen LogP contribution in [0.25, 0.3) is 0 Å². The third kappa shape index (κ3) is 3.85. The van der Waals surface area contributed by atoms with Crippen molar-refractivity contribution in [2.45, 2.75) is 26.1 Å². The zero-order valence-corrected chi connectivity index (χ0v) is 7.73. The van der Waals surface area contributed by atoms with Crippen LogP contribution in [0, 0.1) is 5.92 Å². The second kappa shape index (κ2) is 6.17. The summed E-state index contributed by atoms with van der Waals surface area (Å²) in [6.45, 7) is 7.52. The molecule has 0 saturated carbocycles. The fourth-order valence-corrected chi connectivity index (χ4v) is 1.03. The monoisotopic (exact) mass is 174 g/mol. The van der Waals surface area contributed by atoms with E-state index in [1.54, 1.807) is 6.08 Å². The molecule has 0 spiro atoms. The smallest absolute Gasteiger partial charge is 0.103 e. The first-order chi connectivity index (χ1) is 5.63. The Morgan fingerprint density at radius 3 is 2.42 bits per heavy atom. The van der Waals surface area contributed by atoms with Gasteiger partial charge in [0.05, 0.1) is 19.3 Å². The van der Waals surface area contributed by atoms with Crippen LogP contribution in [-0.4, -0.2) is 35.6 Å². The lowest BCUT2D eigenvalue weighted by Gasteiger charge is -2.24. The number of ether oxygens (including phenoxy) is 1. The van der Waals surface area contributed by atoms with Crippen LogP contribution in [0.3, 0.4) is 0 Å². The summed E-state index contributed by atoms with van der Waals surface area (Å²) in [6, 6.07) is 0. The van der Waals surface area contributed by atoms with Gasteiger partial charge >= 0.3 is 0 Å². The molecule has 0 radical (unpaired) electrons. The van der Waals surface area contributed by atoms with Crippen molar-refractivity contribution in [3.8, 4) is 0 Å². The lowest BCUT2D eigenvalue weighted by molar-refractivity contribution is -0.0703. The van der Waals surface area contributed by atoms with E-state index in [0.29, 0.717) is 6.61 Å². The van der Waals surface area contributed by atoms with Crippen molar-refractivity contribution in [2.24, 2.45) is 5.92 Å². The number of rotatable bonds is 6. The minimum Gasteiger partial charge on any atom is -0.394 e. The van der Waals surface area contributed by atoms with E-state index < -0.39 is 6.10 Å². The Morgan fingerprint density at radius 2 is 2.08 bits per heavy atom. The zero-order valence-electron chi connectivity index (χ0n) is 7.73. The Labute approximate surface area is 73.7 Å². The summed E-state index contributed by atoms with van der Waals surface area (Å²) >= 11 is 0. The van der Waals surface area contributed by atoms with Gasteiger partial charge in [-0.05, 0) is 5.92 Å². The van der Waals surface area contributed by atoms with Crippen LogP contribution < -0.4 is 0 Å². The van der Waals surface area contributed by atoms with Crippen molar-refractivity contribution < 1.29 is 14.9 Å². The summed E-state index contributed by atoms with van der Waals surface area (Å²) < 4.78 is 5.28. The maximum absolute atomic E-state index is 9.31. The van der Waals surface area contributed by atoms with E-state index in [0.717, 1.165) is 0 Å². The highest BCUT2D eigenvalue weighted by Crippen LogP contribution is 2.10. The average Bonchev–Trinajstić information content (AvgIpc) is 2.04. The topological polar surface area (TPSA) is 49.7 Å².